The number of hydrogen-bond donors (Lipinski definition) is 0. The number of hydrogen-bond acceptors (Lipinski definition) is 2. The molecular weight excluding hydrogens is 162 g/mol. The number of hydrazone groups is 1. The van der Waals surface area contributed by atoms with Crippen molar-refractivity contribution < 1.29 is 0 Å². The minimum absolute atomic E-state index is 1.08. The molecule has 0 bridgehead atoms. The van der Waals surface area contributed by atoms with E-state index >= 15 is 0 Å². The van der Waals surface area contributed by atoms with Crippen LogP contribution >= 0.6 is 0 Å². The van der Waals surface area contributed by atoms with E-state index in [0.29, 0.717) is 0 Å². The van der Waals surface area contributed by atoms with Crippen molar-refractivity contribution in [1.29, 1.82) is 0 Å². The van der Waals surface area contributed by atoms with Crippen LogP contribution in [0.5, 0.6) is 0 Å². The van der Waals surface area contributed by atoms with E-state index in [0.717, 1.165) is 5.69 Å². The van der Waals surface area contributed by atoms with Crippen LogP contribution in [-0.2, 0) is 0 Å². The van der Waals surface area contributed by atoms with E-state index in [1.54, 1.807) is 6.34 Å². The summed E-state index contributed by atoms with van der Waals surface area (Å²) in [6.07, 6.45) is 1.77. The largest absolute Gasteiger partial charge is 0.367 e. The minimum Gasteiger partial charge on any atom is -0.367 e. The predicted octanol–water partition coefficient (Wildman–Crippen LogP) is 1.63. The summed E-state index contributed by atoms with van der Waals surface area (Å²) in [5.74, 6) is 0. The topological polar surface area (TPSA) is 18.8 Å². The maximum Gasteiger partial charge on any atom is 0.111 e. The summed E-state index contributed by atoms with van der Waals surface area (Å²) < 4.78 is 0. The van der Waals surface area contributed by atoms with Crippen molar-refractivity contribution in [3.05, 3.63) is 30.3 Å². The molecule has 1 aromatic rings. The molecule has 0 aliphatic heterocycles. The SMILES string of the molecule is CN(C)/C=N/N(C)c1ccccc1. The minimum atomic E-state index is 1.08. The van der Waals surface area contributed by atoms with Gasteiger partial charge < -0.3 is 4.90 Å². The molecule has 0 N–H and O–H groups in total. The van der Waals surface area contributed by atoms with Crippen LogP contribution in [0.15, 0.2) is 35.4 Å². The molecule has 0 heterocycles. The molecular formula is C10H15N3. The second kappa shape index (κ2) is 4.50. The number of rotatable bonds is 3. The molecule has 0 spiro atoms. The zero-order valence-corrected chi connectivity index (χ0v) is 8.31. The maximum absolute atomic E-state index is 4.23. The molecule has 0 unspecified atom stereocenters. The lowest BCUT2D eigenvalue weighted by Crippen LogP contribution is -2.14. The Morgan fingerprint density at radius 1 is 1.08 bits per heavy atom. The van der Waals surface area contributed by atoms with Crippen LogP contribution in [-0.4, -0.2) is 32.4 Å². The highest BCUT2D eigenvalue weighted by Gasteiger charge is 1.94. The highest BCUT2D eigenvalue weighted by Crippen LogP contribution is 2.10. The van der Waals surface area contributed by atoms with Crippen molar-refractivity contribution in [3.8, 4) is 0 Å². The average Bonchev–Trinajstić information content (AvgIpc) is 2.15. The van der Waals surface area contributed by atoms with Gasteiger partial charge in [-0.3, -0.25) is 5.01 Å². The number of nitrogens with zero attached hydrogens (tertiary/aromatic N) is 3. The Balaban J connectivity index is 2.64. The molecule has 0 aliphatic rings. The first kappa shape index (κ1) is 9.58. The lowest BCUT2D eigenvalue weighted by Gasteiger charge is -2.13. The van der Waals surface area contributed by atoms with Crippen molar-refractivity contribution in [1.82, 2.24) is 4.90 Å². The molecule has 0 amide bonds. The quantitative estimate of drug-likeness (QED) is 0.397. The Morgan fingerprint density at radius 2 is 1.69 bits per heavy atom. The van der Waals surface area contributed by atoms with Crippen molar-refractivity contribution in [2.75, 3.05) is 26.2 Å². The first-order chi connectivity index (χ1) is 6.20. The van der Waals surface area contributed by atoms with Crippen molar-refractivity contribution in [2.45, 2.75) is 0 Å². The molecule has 70 valence electrons. The molecule has 0 aromatic heterocycles. The van der Waals surface area contributed by atoms with Crippen LogP contribution in [0.4, 0.5) is 5.69 Å². The van der Waals surface area contributed by atoms with Gasteiger partial charge in [0, 0.05) is 21.1 Å². The van der Waals surface area contributed by atoms with Crippen LogP contribution in [0, 0.1) is 0 Å². The summed E-state index contributed by atoms with van der Waals surface area (Å²) in [6.45, 7) is 0. The Morgan fingerprint density at radius 3 is 2.23 bits per heavy atom. The third kappa shape index (κ3) is 3.15. The van der Waals surface area contributed by atoms with E-state index in [2.05, 4.69) is 5.10 Å². The summed E-state index contributed by atoms with van der Waals surface area (Å²) in [5, 5.41) is 6.06. The smallest absolute Gasteiger partial charge is 0.111 e. The Bertz CT molecular complexity index is 267. The van der Waals surface area contributed by atoms with Crippen molar-refractivity contribution in [3.63, 3.8) is 0 Å². The highest BCUT2D eigenvalue weighted by atomic mass is 15.5. The maximum atomic E-state index is 4.23. The zero-order chi connectivity index (χ0) is 9.68. The van der Waals surface area contributed by atoms with Gasteiger partial charge in [-0.25, -0.2) is 0 Å². The standard InChI is InChI=1S/C10H15N3/c1-12(2)9-11-13(3)10-7-5-4-6-8-10/h4-9H,1-3H3/b11-9+. The zero-order valence-electron chi connectivity index (χ0n) is 8.31. The van der Waals surface area contributed by atoms with E-state index < -0.39 is 0 Å². The van der Waals surface area contributed by atoms with Gasteiger partial charge in [0.25, 0.3) is 0 Å². The van der Waals surface area contributed by atoms with E-state index in [1.807, 2.05) is 61.4 Å². The first-order valence-corrected chi connectivity index (χ1v) is 4.19. The van der Waals surface area contributed by atoms with E-state index in [-0.39, 0.29) is 0 Å². The summed E-state index contributed by atoms with van der Waals surface area (Å²) in [4.78, 5) is 1.90. The summed E-state index contributed by atoms with van der Waals surface area (Å²) in [5.41, 5.74) is 1.08. The lowest BCUT2D eigenvalue weighted by atomic mass is 10.3. The molecule has 3 nitrogen and oxygen atoms in total. The van der Waals surface area contributed by atoms with Crippen molar-refractivity contribution >= 4 is 12.0 Å². The van der Waals surface area contributed by atoms with Crippen LogP contribution in [0.2, 0.25) is 0 Å². The molecule has 1 aromatic carbocycles. The average molecular weight is 177 g/mol. The molecule has 0 radical (unpaired) electrons. The molecule has 0 saturated heterocycles. The van der Waals surface area contributed by atoms with Gasteiger partial charge in [-0.05, 0) is 12.1 Å². The van der Waals surface area contributed by atoms with Crippen LogP contribution < -0.4 is 5.01 Å². The summed E-state index contributed by atoms with van der Waals surface area (Å²) in [6, 6.07) is 10.0. The van der Waals surface area contributed by atoms with Gasteiger partial charge in [0.15, 0.2) is 0 Å². The van der Waals surface area contributed by atoms with Gasteiger partial charge in [-0.15, -0.1) is 0 Å². The highest BCUT2D eigenvalue weighted by molar-refractivity contribution is 5.57. The Kier molecular flexibility index (Phi) is 3.31. The monoisotopic (exact) mass is 177 g/mol. The second-order valence-electron chi connectivity index (χ2n) is 3.05. The summed E-state index contributed by atoms with van der Waals surface area (Å²) >= 11 is 0. The third-order valence-electron chi connectivity index (χ3n) is 1.59. The third-order valence-corrected chi connectivity index (χ3v) is 1.59. The van der Waals surface area contributed by atoms with E-state index in [4.69, 9.17) is 0 Å². The number of anilines is 1. The number of para-hydroxylation sites is 1. The molecule has 0 fully saturated rings. The molecule has 1 rings (SSSR count). The predicted molar refractivity (Wildman–Crippen MR) is 57.0 cm³/mol. The Hall–Kier alpha value is -1.51. The fourth-order valence-corrected chi connectivity index (χ4v) is 0.891. The van der Waals surface area contributed by atoms with Gasteiger partial charge in [0.2, 0.25) is 0 Å². The fraction of sp³-hybridized carbons (Fsp3) is 0.300. The normalized spacial score (nSPS) is 10.4. The molecule has 0 atom stereocenters. The van der Waals surface area contributed by atoms with Gasteiger partial charge in [-0.1, -0.05) is 18.2 Å². The second-order valence-corrected chi connectivity index (χ2v) is 3.05. The molecule has 13 heavy (non-hydrogen) atoms. The fourth-order valence-electron chi connectivity index (χ4n) is 0.891. The van der Waals surface area contributed by atoms with Gasteiger partial charge in [-0.2, -0.15) is 5.10 Å². The molecule has 3 heteroatoms. The number of benzene rings is 1. The Labute approximate surface area is 79.3 Å². The molecule has 0 aliphatic carbocycles. The van der Waals surface area contributed by atoms with Crippen molar-refractivity contribution in [2.24, 2.45) is 5.10 Å². The first-order valence-electron chi connectivity index (χ1n) is 4.19. The van der Waals surface area contributed by atoms with Gasteiger partial charge >= 0.3 is 0 Å². The van der Waals surface area contributed by atoms with E-state index in [9.17, 15) is 0 Å². The lowest BCUT2D eigenvalue weighted by molar-refractivity contribution is 0.638. The van der Waals surface area contributed by atoms with Crippen LogP contribution in [0.3, 0.4) is 0 Å². The summed E-state index contributed by atoms with van der Waals surface area (Å²) in [7, 11) is 5.82. The van der Waals surface area contributed by atoms with Gasteiger partial charge in [0.05, 0.1) is 5.69 Å². The van der Waals surface area contributed by atoms with Crippen LogP contribution in [0.1, 0.15) is 0 Å². The molecule has 0 saturated carbocycles. The van der Waals surface area contributed by atoms with E-state index in [1.165, 1.54) is 0 Å². The van der Waals surface area contributed by atoms with Crippen LogP contribution in [0.25, 0.3) is 0 Å². The van der Waals surface area contributed by atoms with Gasteiger partial charge in [0.1, 0.15) is 6.34 Å².